The molecule has 1 aromatic rings. The molecule has 39 nitrogen and oxygen atoms in total. The summed E-state index contributed by atoms with van der Waals surface area (Å²) in [5.41, 5.74) is 28.4. The van der Waals surface area contributed by atoms with Crippen LogP contribution in [0.3, 0.4) is 0 Å². The summed E-state index contributed by atoms with van der Waals surface area (Å²) in [6, 6.07) is -11.9. The zero-order chi connectivity index (χ0) is 77.2. The molecule has 14 amide bonds. The molecule has 1 fully saturated rings. The predicted octanol–water partition coefficient (Wildman–Crippen LogP) is -9.07. The summed E-state index contributed by atoms with van der Waals surface area (Å²) < 4.78 is 0. The maximum atomic E-state index is 14.7. The van der Waals surface area contributed by atoms with Gasteiger partial charge in [0.2, 0.25) is 82.7 Å². The molecule has 41 heteroatoms. The van der Waals surface area contributed by atoms with E-state index in [0.29, 0.717) is 12.0 Å². The van der Waals surface area contributed by atoms with E-state index in [1.165, 1.54) is 20.8 Å². The van der Waals surface area contributed by atoms with Crippen LogP contribution in [0.15, 0.2) is 35.3 Å². The topological polar surface area (TPSA) is 644 Å². The first-order valence-electron chi connectivity index (χ1n) is 32.6. The second kappa shape index (κ2) is 44.7. The molecule has 102 heavy (non-hydrogen) atoms. The number of carbonyl (C=O) groups is 16. The van der Waals surface area contributed by atoms with Crippen LogP contribution in [-0.2, 0) is 83.1 Å². The Balaban J connectivity index is 2.44. The first kappa shape index (κ1) is 88.6. The van der Waals surface area contributed by atoms with E-state index in [1.807, 2.05) is 0 Å². The zero-order valence-corrected chi connectivity index (χ0v) is 59.2. The van der Waals surface area contributed by atoms with E-state index in [9.17, 15) is 97.1 Å². The van der Waals surface area contributed by atoms with Crippen LogP contribution >= 0.6 is 25.3 Å². The molecular formula is C61H99N19O20S2. The number of nitrogens with zero attached hydrogens (tertiary/aromatic N) is 2. The fraction of sp³-hybridized carbons (Fsp3) is 0.623. The number of likely N-dealkylation sites (tertiary alicyclic amines) is 1. The van der Waals surface area contributed by atoms with Crippen molar-refractivity contribution in [3.8, 4) is 0 Å². The third-order valence-electron chi connectivity index (χ3n) is 15.6. The Morgan fingerprint density at radius 1 is 0.549 bits per heavy atom. The van der Waals surface area contributed by atoms with Crippen LogP contribution in [0.2, 0.25) is 0 Å². The van der Waals surface area contributed by atoms with Gasteiger partial charge in [-0.2, -0.15) is 25.3 Å². The van der Waals surface area contributed by atoms with E-state index in [0.717, 1.165) is 25.7 Å². The van der Waals surface area contributed by atoms with E-state index in [1.54, 1.807) is 30.3 Å². The van der Waals surface area contributed by atoms with Crippen molar-refractivity contribution in [2.75, 3.05) is 37.7 Å². The van der Waals surface area contributed by atoms with Crippen molar-refractivity contribution in [2.45, 2.75) is 197 Å². The average molecular weight is 1480 g/mol. The van der Waals surface area contributed by atoms with E-state index in [2.05, 4.69) is 94.1 Å². The molecule has 1 heterocycles. The number of aliphatic carboxylic acids is 2. The second-order valence-electron chi connectivity index (χ2n) is 24.5. The number of rotatable bonds is 45. The number of aliphatic hydroxyl groups is 2. The Labute approximate surface area is 599 Å². The molecule has 1 aliphatic rings. The van der Waals surface area contributed by atoms with E-state index < -0.39 is 211 Å². The van der Waals surface area contributed by atoms with Crippen LogP contribution in [0, 0.1) is 5.92 Å². The lowest BCUT2D eigenvalue weighted by Crippen LogP contribution is -2.63. The summed E-state index contributed by atoms with van der Waals surface area (Å²) in [5.74, 6) is -18.8. The van der Waals surface area contributed by atoms with Crippen molar-refractivity contribution in [1.82, 2.24) is 68.7 Å². The minimum atomic E-state index is -1.96. The Bertz CT molecular complexity index is 3130. The van der Waals surface area contributed by atoms with Gasteiger partial charge in [0.25, 0.3) is 0 Å². The second-order valence-corrected chi connectivity index (χ2v) is 25.2. The minimum absolute atomic E-state index is 0.0185. The van der Waals surface area contributed by atoms with Gasteiger partial charge in [-0.1, -0.05) is 44.2 Å². The van der Waals surface area contributed by atoms with Gasteiger partial charge in [-0.3, -0.25) is 76.9 Å². The lowest BCUT2D eigenvalue weighted by atomic mass is 10.0. The Kier molecular flexibility index (Phi) is 38.9. The number of carboxylic acids is 2. The number of aliphatic hydroxyl groups excluding tert-OH is 2. The van der Waals surface area contributed by atoms with Gasteiger partial charge in [0.1, 0.15) is 72.5 Å². The number of hydrogen-bond acceptors (Lipinski definition) is 23. The van der Waals surface area contributed by atoms with Crippen LogP contribution in [0.25, 0.3) is 0 Å². The molecule has 26 N–H and O–H groups in total. The number of carbonyl (C=O) groups excluding carboxylic acids is 14. The monoisotopic (exact) mass is 1480 g/mol. The highest BCUT2D eigenvalue weighted by molar-refractivity contribution is 7.80. The van der Waals surface area contributed by atoms with Gasteiger partial charge in [-0.05, 0) is 90.7 Å². The molecule has 0 bridgehead atoms. The SMILES string of the molecule is CC(C)[C@H](NC(=O)[C@@H](NC(=O)[C@@H](NC(=O)[C@H](C)NC(=O)[C@@H](N)CS)[C@@H](C)O)[C@@H](C)O)C(=O)N[C@@H](CC(=O)O)C(=O)N[C@@H](C)C(=O)N[C@@H](CCCCN)C(=O)N[C@@H](Cc1ccccc1)C(=O)N[C@@H](CCCN=C(N)N)C(=O)N1CCC[C@H]1C(=O)N[C@@H](CC(N)=O)C(=O)NCC(=O)N[C@@H](CS)C(=O)O. The van der Waals surface area contributed by atoms with Gasteiger partial charge in [0.05, 0.1) is 37.6 Å². The van der Waals surface area contributed by atoms with Crippen molar-refractivity contribution in [3.63, 3.8) is 0 Å². The minimum Gasteiger partial charge on any atom is -0.481 e. The standard InChI is InChI=1S/C61H99N19O20S2/c1-28(2)45(77-57(96)47(32(6)82)79-58(97)46(31(5)81)78-49(88)30(4)69-50(89)34(63)26-101)56(95)76-39(24-44(85)86)53(92)70-29(3)48(87)72-35(16-10-11-19-62)52(91)74-37(22-33-14-8-7-9-15-33)54(93)73-36(17-12-20-67-61(65)66)59(98)80-21-13-18-41(80)55(94)75-38(23-42(64)83)51(90)68-25-43(84)71-40(27-102)60(99)100/h7-9,14-15,28-32,34-41,45-47,81-82,101-102H,10-13,16-27,62-63H2,1-6H3,(H2,64,83)(H,68,90)(H,69,89)(H,70,92)(H,71,84)(H,72,87)(H,73,93)(H,74,91)(H,75,94)(H,76,95)(H,77,96)(H,78,88)(H,79,97)(H,85,86)(H,99,100)(H4,65,66,67)/t29-,30-,31+,32+,34-,35-,36-,37-,38-,39-,40-,41-,45-,46-,47-/m0/s1. The lowest BCUT2D eigenvalue weighted by Gasteiger charge is -2.31. The fourth-order valence-electron chi connectivity index (χ4n) is 9.93. The summed E-state index contributed by atoms with van der Waals surface area (Å²) in [7, 11) is 0. The van der Waals surface area contributed by atoms with E-state index in [-0.39, 0.29) is 82.0 Å². The number of aliphatic imine (C=N–C) groups is 1. The molecular weight excluding hydrogens is 1380 g/mol. The first-order chi connectivity index (χ1) is 47.9. The highest BCUT2D eigenvalue weighted by atomic mass is 32.1. The zero-order valence-electron chi connectivity index (χ0n) is 57.4. The number of primary amides is 1. The molecule has 0 radical (unpaired) electrons. The molecule has 1 saturated heterocycles. The highest BCUT2D eigenvalue weighted by Crippen LogP contribution is 2.21. The summed E-state index contributed by atoms with van der Waals surface area (Å²) >= 11 is 7.80. The third-order valence-corrected chi connectivity index (χ3v) is 16.4. The van der Waals surface area contributed by atoms with Crippen LogP contribution < -0.4 is 92.5 Å². The number of unbranched alkanes of at least 4 members (excludes halogenated alkanes) is 1. The van der Waals surface area contributed by atoms with Crippen molar-refractivity contribution in [3.05, 3.63) is 35.9 Å². The van der Waals surface area contributed by atoms with Crippen molar-refractivity contribution < 1.29 is 97.1 Å². The van der Waals surface area contributed by atoms with Gasteiger partial charge < -0.3 is 118 Å². The molecule has 570 valence electrons. The number of nitrogens with one attached hydrogen (secondary N) is 12. The highest BCUT2D eigenvalue weighted by Gasteiger charge is 2.42. The van der Waals surface area contributed by atoms with Crippen LogP contribution in [-0.4, -0.2) is 254 Å². The molecule has 0 unspecified atom stereocenters. The summed E-state index contributed by atoms with van der Waals surface area (Å²) in [4.78, 5) is 219. The maximum Gasteiger partial charge on any atom is 0.327 e. The van der Waals surface area contributed by atoms with Crippen LogP contribution in [0.5, 0.6) is 0 Å². The maximum absolute atomic E-state index is 14.7. The summed E-state index contributed by atoms with van der Waals surface area (Å²) in [6.45, 7) is 6.75. The van der Waals surface area contributed by atoms with Crippen LogP contribution in [0.4, 0.5) is 0 Å². The van der Waals surface area contributed by atoms with Crippen molar-refractivity contribution in [1.29, 1.82) is 0 Å². The van der Waals surface area contributed by atoms with Gasteiger partial charge in [-0.25, -0.2) is 4.79 Å². The first-order valence-corrected chi connectivity index (χ1v) is 33.9. The molecule has 1 aromatic carbocycles. The summed E-state index contributed by atoms with van der Waals surface area (Å²) in [6.07, 6.45) is -4.88. The molecule has 1 aliphatic heterocycles. The molecule has 0 aromatic heterocycles. The lowest BCUT2D eigenvalue weighted by molar-refractivity contribution is -0.143. The predicted molar refractivity (Wildman–Crippen MR) is 371 cm³/mol. The molecule has 0 aliphatic carbocycles. The van der Waals surface area contributed by atoms with Gasteiger partial charge in [-0.15, -0.1) is 0 Å². The number of amides is 14. The molecule has 2 rings (SSSR count). The summed E-state index contributed by atoms with van der Waals surface area (Å²) in [5, 5.41) is 68.5. The van der Waals surface area contributed by atoms with E-state index >= 15 is 0 Å². The molecule has 0 spiro atoms. The number of nitrogens with two attached hydrogens (primary N) is 5. The van der Waals surface area contributed by atoms with Crippen molar-refractivity contribution >= 4 is 126 Å². The Hall–Kier alpha value is -9.45. The Morgan fingerprint density at radius 3 is 1.58 bits per heavy atom. The third kappa shape index (κ3) is 30.8. The number of carboxylic acid groups (broad SMARTS) is 2. The number of benzene rings is 1. The quantitative estimate of drug-likeness (QED) is 0.0125. The largest absolute Gasteiger partial charge is 0.481 e. The molecule has 0 saturated carbocycles. The molecule has 15 atom stereocenters. The normalized spacial score (nSPS) is 16.7. The smallest absolute Gasteiger partial charge is 0.327 e. The van der Waals surface area contributed by atoms with Gasteiger partial charge in [0.15, 0.2) is 5.96 Å². The van der Waals surface area contributed by atoms with Gasteiger partial charge >= 0.3 is 11.9 Å². The van der Waals surface area contributed by atoms with Crippen molar-refractivity contribution in [2.24, 2.45) is 39.6 Å². The Morgan fingerprint density at radius 2 is 1.05 bits per heavy atom. The van der Waals surface area contributed by atoms with E-state index in [4.69, 9.17) is 28.7 Å². The number of hydrogen-bond donors (Lipinski definition) is 23. The van der Waals surface area contributed by atoms with Gasteiger partial charge in [0, 0.05) is 31.0 Å². The fourth-order valence-corrected chi connectivity index (χ4v) is 10.3. The average Bonchev–Trinajstić information content (AvgIpc) is 1.57. The number of guanidine groups is 1. The van der Waals surface area contributed by atoms with Crippen LogP contribution in [0.1, 0.15) is 105 Å². The number of thiol groups is 2.